The average molecular weight is 336 g/mol. The van der Waals surface area contributed by atoms with Crippen LogP contribution < -0.4 is 9.47 Å². The number of ether oxygens (including phenoxy) is 2. The maximum absolute atomic E-state index is 10.4. The Morgan fingerprint density at radius 3 is 2.95 bits per heavy atom. The standard InChI is InChI=1S/C15H14BrNO3/c16-12-7-11(8-14-15(12)20-5-4-19-14)13(18)6-10-2-1-3-17-9-10/h1-3,7-9,13,18H,4-6H2. The van der Waals surface area contributed by atoms with Crippen molar-refractivity contribution < 1.29 is 14.6 Å². The number of nitrogens with zero attached hydrogens (tertiary/aromatic N) is 1. The minimum Gasteiger partial charge on any atom is -0.486 e. The van der Waals surface area contributed by atoms with Crippen LogP contribution in [0.5, 0.6) is 11.5 Å². The fourth-order valence-electron chi connectivity index (χ4n) is 2.18. The number of aromatic nitrogens is 1. The molecule has 2 heterocycles. The molecule has 3 rings (SSSR count). The van der Waals surface area contributed by atoms with Gasteiger partial charge in [-0.1, -0.05) is 6.07 Å². The lowest BCUT2D eigenvalue weighted by atomic mass is 10.0. The van der Waals surface area contributed by atoms with Crippen LogP contribution in [0.4, 0.5) is 0 Å². The molecule has 4 nitrogen and oxygen atoms in total. The zero-order valence-electron chi connectivity index (χ0n) is 10.8. The van der Waals surface area contributed by atoms with Crippen molar-refractivity contribution in [3.63, 3.8) is 0 Å². The highest BCUT2D eigenvalue weighted by Crippen LogP contribution is 2.40. The Bertz CT molecular complexity index is 604. The summed E-state index contributed by atoms with van der Waals surface area (Å²) < 4.78 is 11.9. The van der Waals surface area contributed by atoms with Crippen LogP contribution in [0, 0.1) is 0 Å². The van der Waals surface area contributed by atoms with E-state index >= 15 is 0 Å². The second-order valence-electron chi connectivity index (χ2n) is 4.61. The fraction of sp³-hybridized carbons (Fsp3) is 0.267. The number of aliphatic hydroxyl groups excluding tert-OH is 1. The summed E-state index contributed by atoms with van der Waals surface area (Å²) >= 11 is 3.46. The topological polar surface area (TPSA) is 51.6 Å². The highest BCUT2D eigenvalue weighted by molar-refractivity contribution is 9.10. The average Bonchev–Trinajstić information content (AvgIpc) is 2.48. The van der Waals surface area contributed by atoms with E-state index in [1.807, 2.05) is 24.3 Å². The van der Waals surface area contributed by atoms with Crippen LogP contribution in [0.3, 0.4) is 0 Å². The largest absolute Gasteiger partial charge is 0.486 e. The van der Waals surface area contributed by atoms with Crippen LogP contribution in [0.1, 0.15) is 17.2 Å². The molecule has 1 aliphatic heterocycles. The molecule has 1 aromatic heterocycles. The molecule has 0 fully saturated rings. The van der Waals surface area contributed by atoms with Crippen LogP contribution in [0.2, 0.25) is 0 Å². The normalized spacial score (nSPS) is 14.9. The number of benzene rings is 1. The van der Waals surface area contributed by atoms with Gasteiger partial charge in [0.15, 0.2) is 11.5 Å². The first-order chi connectivity index (χ1) is 9.74. The van der Waals surface area contributed by atoms with Gasteiger partial charge in [-0.05, 0) is 45.3 Å². The number of fused-ring (bicyclic) bond motifs is 1. The van der Waals surface area contributed by atoms with Crippen molar-refractivity contribution >= 4 is 15.9 Å². The fourth-order valence-corrected chi connectivity index (χ4v) is 2.76. The molecule has 1 aliphatic rings. The second-order valence-corrected chi connectivity index (χ2v) is 5.46. The number of rotatable bonds is 3. The quantitative estimate of drug-likeness (QED) is 0.936. The van der Waals surface area contributed by atoms with Gasteiger partial charge in [-0.15, -0.1) is 0 Å². The van der Waals surface area contributed by atoms with Gasteiger partial charge in [0.1, 0.15) is 13.2 Å². The van der Waals surface area contributed by atoms with Crippen molar-refractivity contribution in [1.29, 1.82) is 0 Å². The summed E-state index contributed by atoms with van der Waals surface area (Å²) in [5, 5.41) is 10.4. The lowest BCUT2D eigenvalue weighted by molar-refractivity contribution is 0.163. The summed E-state index contributed by atoms with van der Waals surface area (Å²) in [6.45, 7) is 1.07. The summed E-state index contributed by atoms with van der Waals surface area (Å²) in [7, 11) is 0. The molecule has 104 valence electrons. The number of halogens is 1. The van der Waals surface area contributed by atoms with Gasteiger partial charge >= 0.3 is 0 Å². The summed E-state index contributed by atoms with van der Waals surface area (Å²) in [6.07, 6.45) is 3.39. The number of pyridine rings is 1. The molecule has 0 bridgehead atoms. The summed E-state index contributed by atoms with van der Waals surface area (Å²) in [5.41, 5.74) is 1.79. The molecular weight excluding hydrogens is 322 g/mol. The molecule has 20 heavy (non-hydrogen) atoms. The van der Waals surface area contributed by atoms with E-state index in [-0.39, 0.29) is 0 Å². The smallest absolute Gasteiger partial charge is 0.175 e. The first kappa shape index (κ1) is 13.4. The summed E-state index contributed by atoms with van der Waals surface area (Å²) in [5.74, 6) is 1.37. The molecule has 2 aromatic rings. The number of hydrogen-bond acceptors (Lipinski definition) is 4. The Hall–Kier alpha value is -1.59. The molecular formula is C15H14BrNO3. The van der Waals surface area contributed by atoms with E-state index in [1.165, 1.54) is 0 Å². The third-order valence-electron chi connectivity index (χ3n) is 3.16. The molecule has 1 aromatic carbocycles. The molecule has 0 saturated heterocycles. The zero-order chi connectivity index (χ0) is 13.9. The predicted octanol–water partition coefficient (Wildman–Crippen LogP) is 2.89. The van der Waals surface area contributed by atoms with Crippen molar-refractivity contribution in [2.75, 3.05) is 13.2 Å². The maximum Gasteiger partial charge on any atom is 0.175 e. The van der Waals surface area contributed by atoms with Crippen molar-refractivity contribution in [1.82, 2.24) is 4.98 Å². The van der Waals surface area contributed by atoms with Crippen molar-refractivity contribution in [2.24, 2.45) is 0 Å². The molecule has 0 spiro atoms. The van der Waals surface area contributed by atoms with Crippen LogP contribution in [0.15, 0.2) is 41.1 Å². The van der Waals surface area contributed by atoms with E-state index in [1.54, 1.807) is 12.4 Å². The molecule has 0 saturated carbocycles. The Kier molecular flexibility index (Phi) is 3.89. The summed E-state index contributed by atoms with van der Waals surface area (Å²) in [4.78, 5) is 4.05. The first-order valence-corrected chi connectivity index (χ1v) is 7.19. The van der Waals surface area contributed by atoms with Gasteiger partial charge in [0.25, 0.3) is 0 Å². The molecule has 0 amide bonds. The van der Waals surface area contributed by atoms with E-state index in [4.69, 9.17) is 9.47 Å². The number of aliphatic hydroxyl groups is 1. The van der Waals surface area contributed by atoms with Gasteiger partial charge < -0.3 is 14.6 Å². The van der Waals surface area contributed by atoms with Crippen LogP contribution in [0.25, 0.3) is 0 Å². The SMILES string of the molecule is OC(Cc1cccnc1)c1cc(Br)c2c(c1)OCCO2. The van der Waals surface area contributed by atoms with Crippen molar-refractivity contribution in [3.8, 4) is 11.5 Å². The molecule has 0 aliphatic carbocycles. The van der Waals surface area contributed by atoms with Crippen LogP contribution in [-0.4, -0.2) is 23.3 Å². The van der Waals surface area contributed by atoms with E-state index in [0.29, 0.717) is 31.1 Å². The van der Waals surface area contributed by atoms with E-state index in [0.717, 1.165) is 15.6 Å². The summed E-state index contributed by atoms with van der Waals surface area (Å²) in [6, 6.07) is 7.51. The van der Waals surface area contributed by atoms with E-state index in [2.05, 4.69) is 20.9 Å². The van der Waals surface area contributed by atoms with Gasteiger partial charge in [-0.25, -0.2) is 0 Å². The Morgan fingerprint density at radius 1 is 1.30 bits per heavy atom. The van der Waals surface area contributed by atoms with Gasteiger partial charge in [-0.3, -0.25) is 4.98 Å². The minimum absolute atomic E-state index is 0.514. The van der Waals surface area contributed by atoms with Gasteiger partial charge in [0.2, 0.25) is 0 Å². The molecule has 1 unspecified atom stereocenters. The number of hydrogen-bond donors (Lipinski definition) is 1. The lowest BCUT2D eigenvalue weighted by Gasteiger charge is -2.21. The Labute approximate surface area is 125 Å². The van der Waals surface area contributed by atoms with Crippen molar-refractivity contribution in [3.05, 3.63) is 52.3 Å². The lowest BCUT2D eigenvalue weighted by Crippen LogP contribution is -2.16. The molecule has 1 atom stereocenters. The van der Waals surface area contributed by atoms with Gasteiger partial charge in [0.05, 0.1) is 10.6 Å². The van der Waals surface area contributed by atoms with E-state index in [9.17, 15) is 5.11 Å². The molecule has 5 heteroatoms. The highest BCUT2D eigenvalue weighted by atomic mass is 79.9. The maximum atomic E-state index is 10.4. The van der Waals surface area contributed by atoms with Crippen LogP contribution in [-0.2, 0) is 6.42 Å². The Morgan fingerprint density at radius 2 is 2.15 bits per heavy atom. The van der Waals surface area contributed by atoms with Gasteiger partial charge in [0, 0.05) is 18.8 Å². The third kappa shape index (κ3) is 2.78. The predicted molar refractivity (Wildman–Crippen MR) is 78.0 cm³/mol. The highest BCUT2D eigenvalue weighted by Gasteiger charge is 2.19. The first-order valence-electron chi connectivity index (χ1n) is 6.40. The van der Waals surface area contributed by atoms with E-state index < -0.39 is 6.10 Å². The molecule has 1 N–H and O–H groups in total. The minimum atomic E-state index is -0.605. The third-order valence-corrected chi connectivity index (χ3v) is 3.74. The zero-order valence-corrected chi connectivity index (χ0v) is 12.3. The second kappa shape index (κ2) is 5.81. The molecule has 0 radical (unpaired) electrons. The monoisotopic (exact) mass is 335 g/mol. The Balaban J connectivity index is 1.85. The van der Waals surface area contributed by atoms with Crippen LogP contribution >= 0.6 is 15.9 Å². The van der Waals surface area contributed by atoms with Crippen molar-refractivity contribution in [2.45, 2.75) is 12.5 Å². The van der Waals surface area contributed by atoms with Gasteiger partial charge in [-0.2, -0.15) is 0 Å².